The first kappa shape index (κ1) is 11.4. The number of hydrogen-bond donors (Lipinski definition) is 0. The molecule has 0 aliphatic rings. The molecular formula is C10H22S. The highest BCUT2D eigenvalue weighted by Crippen LogP contribution is 2.35. The summed E-state index contributed by atoms with van der Waals surface area (Å²) in [5, 5.41) is 1.53. The van der Waals surface area contributed by atoms with E-state index in [1.54, 1.807) is 0 Å². The SMILES string of the molecule is CCC(C)(C)C(C)SC(C)C. The van der Waals surface area contributed by atoms with E-state index < -0.39 is 0 Å². The Morgan fingerprint density at radius 3 is 1.91 bits per heavy atom. The van der Waals surface area contributed by atoms with E-state index in [2.05, 4.69) is 53.3 Å². The Hall–Kier alpha value is 0.350. The molecule has 0 rings (SSSR count). The van der Waals surface area contributed by atoms with Crippen LogP contribution in [0.2, 0.25) is 0 Å². The molecule has 1 unspecified atom stereocenters. The molecule has 11 heavy (non-hydrogen) atoms. The van der Waals surface area contributed by atoms with Crippen LogP contribution in [-0.2, 0) is 0 Å². The lowest BCUT2D eigenvalue weighted by Crippen LogP contribution is -2.24. The van der Waals surface area contributed by atoms with Crippen LogP contribution in [0.3, 0.4) is 0 Å². The Labute approximate surface area is 76.1 Å². The third-order valence-corrected chi connectivity index (χ3v) is 4.08. The van der Waals surface area contributed by atoms with Crippen LogP contribution < -0.4 is 0 Å². The quantitative estimate of drug-likeness (QED) is 0.622. The smallest absolute Gasteiger partial charge is 0.00723 e. The first-order valence-electron chi connectivity index (χ1n) is 4.55. The molecule has 0 N–H and O–H groups in total. The van der Waals surface area contributed by atoms with Crippen LogP contribution >= 0.6 is 11.8 Å². The second-order valence-electron chi connectivity index (χ2n) is 4.17. The molecule has 0 saturated carbocycles. The zero-order chi connectivity index (χ0) is 9.07. The fraction of sp³-hybridized carbons (Fsp3) is 1.00. The molecular weight excluding hydrogens is 152 g/mol. The zero-order valence-electron chi connectivity index (χ0n) is 8.77. The van der Waals surface area contributed by atoms with Gasteiger partial charge < -0.3 is 0 Å². The molecule has 0 heterocycles. The average molecular weight is 174 g/mol. The monoisotopic (exact) mass is 174 g/mol. The second kappa shape index (κ2) is 4.39. The highest BCUT2D eigenvalue weighted by Gasteiger charge is 2.24. The maximum atomic E-state index is 2.35. The highest BCUT2D eigenvalue weighted by molar-refractivity contribution is 8.00. The van der Waals surface area contributed by atoms with Crippen molar-refractivity contribution in [2.75, 3.05) is 0 Å². The van der Waals surface area contributed by atoms with Crippen molar-refractivity contribution in [3.8, 4) is 0 Å². The fourth-order valence-corrected chi connectivity index (χ4v) is 2.23. The second-order valence-corrected chi connectivity index (χ2v) is 6.09. The van der Waals surface area contributed by atoms with Gasteiger partial charge in [-0.1, -0.05) is 41.5 Å². The lowest BCUT2D eigenvalue weighted by Gasteiger charge is -2.31. The predicted molar refractivity (Wildman–Crippen MR) is 56.3 cm³/mol. The van der Waals surface area contributed by atoms with Gasteiger partial charge in [0.15, 0.2) is 0 Å². The Bertz CT molecular complexity index is 105. The van der Waals surface area contributed by atoms with Crippen LogP contribution in [0.15, 0.2) is 0 Å². The summed E-state index contributed by atoms with van der Waals surface area (Å²) in [5.74, 6) is 0. The summed E-state index contributed by atoms with van der Waals surface area (Å²) in [7, 11) is 0. The summed E-state index contributed by atoms with van der Waals surface area (Å²) >= 11 is 2.09. The Balaban J connectivity index is 3.90. The van der Waals surface area contributed by atoms with E-state index in [0.717, 1.165) is 10.5 Å². The van der Waals surface area contributed by atoms with Gasteiger partial charge in [-0.2, -0.15) is 11.8 Å². The van der Waals surface area contributed by atoms with E-state index in [4.69, 9.17) is 0 Å². The van der Waals surface area contributed by atoms with Gasteiger partial charge >= 0.3 is 0 Å². The first-order valence-corrected chi connectivity index (χ1v) is 5.50. The lowest BCUT2D eigenvalue weighted by molar-refractivity contribution is 0.349. The van der Waals surface area contributed by atoms with Crippen LogP contribution in [0, 0.1) is 5.41 Å². The summed E-state index contributed by atoms with van der Waals surface area (Å²) in [6.45, 7) is 13.9. The van der Waals surface area contributed by atoms with Crippen molar-refractivity contribution in [2.24, 2.45) is 5.41 Å². The standard InChI is InChI=1S/C10H22S/c1-7-10(5,6)9(4)11-8(2)3/h8-9H,7H2,1-6H3. The van der Waals surface area contributed by atoms with Gasteiger partial charge in [0.25, 0.3) is 0 Å². The van der Waals surface area contributed by atoms with Crippen LogP contribution in [-0.4, -0.2) is 10.5 Å². The molecule has 0 fully saturated rings. The van der Waals surface area contributed by atoms with E-state index in [9.17, 15) is 0 Å². The molecule has 0 spiro atoms. The molecule has 1 heteroatoms. The van der Waals surface area contributed by atoms with E-state index >= 15 is 0 Å². The summed E-state index contributed by atoms with van der Waals surface area (Å²) in [5.41, 5.74) is 0.495. The molecule has 0 amide bonds. The molecule has 0 aliphatic carbocycles. The van der Waals surface area contributed by atoms with Crippen molar-refractivity contribution >= 4 is 11.8 Å². The number of hydrogen-bond acceptors (Lipinski definition) is 1. The van der Waals surface area contributed by atoms with Crippen LogP contribution in [0.1, 0.15) is 48.0 Å². The number of rotatable bonds is 4. The maximum absolute atomic E-state index is 2.35. The summed E-state index contributed by atoms with van der Waals surface area (Å²) in [6, 6.07) is 0. The molecule has 1 atom stereocenters. The third-order valence-electron chi connectivity index (χ3n) is 2.49. The van der Waals surface area contributed by atoms with Crippen molar-refractivity contribution in [3.05, 3.63) is 0 Å². The molecule has 0 saturated heterocycles. The van der Waals surface area contributed by atoms with Gasteiger partial charge in [-0.25, -0.2) is 0 Å². The van der Waals surface area contributed by atoms with Crippen molar-refractivity contribution < 1.29 is 0 Å². The lowest BCUT2D eigenvalue weighted by atomic mass is 9.87. The van der Waals surface area contributed by atoms with E-state index in [0.29, 0.717) is 5.41 Å². The fourth-order valence-electron chi connectivity index (χ4n) is 0.880. The minimum atomic E-state index is 0.495. The molecule has 0 aromatic carbocycles. The summed E-state index contributed by atoms with van der Waals surface area (Å²) in [4.78, 5) is 0. The van der Waals surface area contributed by atoms with Gasteiger partial charge in [0, 0.05) is 5.25 Å². The van der Waals surface area contributed by atoms with Crippen LogP contribution in [0.4, 0.5) is 0 Å². The minimum absolute atomic E-state index is 0.495. The normalized spacial score (nSPS) is 15.5. The van der Waals surface area contributed by atoms with Crippen molar-refractivity contribution in [1.29, 1.82) is 0 Å². The van der Waals surface area contributed by atoms with Gasteiger partial charge in [-0.15, -0.1) is 0 Å². The molecule has 0 aromatic rings. The Morgan fingerprint density at radius 2 is 1.64 bits per heavy atom. The van der Waals surface area contributed by atoms with E-state index in [1.165, 1.54) is 6.42 Å². The largest absolute Gasteiger partial charge is 0.155 e. The van der Waals surface area contributed by atoms with Crippen LogP contribution in [0.5, 0.6) is 0 Å². The van der Waals surface area contributed by atoms with Gasteiger partial charge in [0.1, 0.15) is 0 Å². The predicted octanol–water partition coefficient (Wildman–Crippen LogP) is 3.95. The Morgan fingerprint density at radius 1 is 1.18 bits per heavy atom. The summed E-state index contributed by atoms with van der Waals surface area (Å²) in [6.07, 6.45) is 1.27. The molecule has 0 aromatic heterocycles. The Kier molecular flexibility index (Phi) is 4.53. The molecule has 0 bridgehead atoms. The van der Waals surface area contributed by atoms with Gasteiger partial charge in [-0.05, 0) is 17.1 Å². The minimum Gasteiger partial charge on any atom is -0.155 e. The van der Waals surface area contributed by atoms with E-state index in [-0.39, 0.29) is 0 Å². The average Bonchev–Trinajstić information content (AvgIpc) is 1.86. The van der Waals surface area contributed by atoms with E-state index in [1.807, 2.05) is 0 Å². The number of thioether (sulfide) groups is 1. The maximum Gasteiger partial charge on any atom is 0.00723 e. The first-order chi connectivity index (χ1) is 4.90. The molecule has 0 aliphatic heterocycles. The zero-order valence-corrected chi connectivity index (χ0v) is 9.59. The van der Waals surface area contributed by atoms with Gasteiger partial charge in [-0.3, -0.25) is 0 Å². The molecule has 68 valence electrons. The molecule has 0 radical (unpaired) electrons. The summed E-state index contributed by atoms with van der Waals surface area (Å²) < 4.78 is 0. The van der Waals surface area contributed by atoms with Crippen molar-refractivity contribution in [3.63, 3.8) is 0 Å². The van der Waals surface area contributed by atoms with Crippen LogP contribution in [0.25, 0.3) is 0 Å². The van der Waals surface area contributed by atoms with Crippen molar-refractivity contribution in [1.82, 2.24) is 0 Å². The third kappa shape index (κ3) is 4.05. The highest BCUT2D eigenvalue weighted by atomic mass is 32.2. The molecule has 0 nitrogen and oxygen atoms in total. The van der Waals surface area contributed by atoms with Gasteiger partial charge in [0.2, 0.25) is 0 Å². The van der Waals surface area contributed by atoms with Gasteiger partial charge in [0.05, 0.1) is 0 Å². The van der Waals surface area contributed by atoms with Crippen molar-refractivity contribution in [2.45, 2.75) is 58.5 Å². The topological polar surface area (TPSA) is 0 Å².